The minimum atomic E-state index is -3.97. The van der Waals surface area contributed by atoms with Crippen molar-refractivity contribution in [3.8, 4) is 5.88 Å². The molecule has 14 heteroatoms. The monoisotopic (exact) mass is 578 g/mol. The van der Waals surface area contributed by atoms with E-state index in [-0.39, 0.29) is 36.2 Å². The van der Waals surface area contributed by atoms with Gasteiger partial charge in [0.2, 0.25) is 23.6 Å². The Labute approximate surface area is 235 Å². The van der Waals surface area contributed by atoms with Crippen LogP contribution in [0.25, 0.3) is 0 Å². The van der Waals surface area contributed by atoms with Gasteiger partial charge < -0.3 is 30.5 Å². The largest absolute Gasteiger partial charge is 0.481 e. The minimum absolute atomic E-state index is 0.0212. The number of alkyl halides is 2. The molecule has 1 aromatic heterocycles. The van der Waals surface area contributed by atoms with E-state index in [0.29, 0.717) is 31.7 Å². The van der Waals surface area contributed by atoms with Gasteiger partial charge in [-0.1, -0.05) is 13.0 Å². The number of pyridine rings is 1. The first-order valence-electron chi connectivity index (χ1n) is 13.0. The second-order valence-electron chi connectivity index (χ2n) is 9.52. The third-order valence-electron chi connectivity index (χ3n) is 6.52. The fraction of sp³-hybridized carbons (Fsp3) is 0.444. The van der Waals surface area contributed by atoms with Crippen LogP contribution in [0.3, 0.4) is 0 Å². The predicted molar refractivity (Wildman–Crippen MR) is 143 cm³/mol. The lowest BCUT2D eigenvalue weighted by Crippen LogP contribution is -2.54. The van der Waals surface area contributed by atoms with Crippen LogP contribution in [-0.4, -0.2) is 91.3 Å². The molecule has 1 saturated heterocycles. The zero-order valence-corrected chi connectivity index (χ0v) is 23.0. The van der Waals surface area contributed by atoms with Gasteiger partial charge in [0.15, 0.2) is 0 Å². The number of likely N-dealkylation sites (N-methyl/N-ethyl adjacent to an activating group) is 1. The Bertz CT molecular complexity index is 1250. The standard InChI is InChI=1S/C27H33F3N6O5/c1-4-22(37)34-21(25(39)36-11-9-35(2)10-12-36)14-17-5-7-20(19(28)13-17)33-23(38)16-32-26(40)27(29,30)18-6-8-24(41-3)31-15-18/h5-8,13,15,21H,4,9-12,14,16H2,1-3H3,(H,32,40)(H,33,38)(H,34,37)/t21-/m1/s1. The van der Waals surface area contributed by atoms with Crippen LogP contribution in [0.1, 0.15) is 24.5 Å². The Balaban J connectivity index is 1.60. The number of aromatic nitrogens is 1. The number of rotatable bonds is 11. The number of hydrogen-bond acceptors (Lipinski definition) is 7. The van der Waals surface area contributed by atoms with Gasteiger partial charge in [-0.15, -0.1) is 0 Å². The zero-order valence-electron chi connectivity index (χ0n) is 23.0. The molecule has 2 heterocycles. The number of ether oxygens (including phenoxy) is 1. The summed E-state index contributed by atoms with van der Waals surface area (Å²) < 4.78 is 48.5. The number of nitrogens with zero attached hydrogens (tertiary/aromatic N) is 3. The summed E-state index contributed by atoms with van der Waals surface area (Å²) in [6.07, 6.45) is 0.977. The molecule has 11 nitrogen and oxygen atoms in total. The zero-order chi connectivity index (χ0) is 30.2. The Hall–Kier alpha value is -4.20. The van der Waals surface area contributed by atoms with Crippen molar-refractivity contribution in [3.63, 3.8) is 0 Å². The fourth-order valence-corrected chi connectivity index (χ4v) is 4.05. The van der Waals surface area contributed by atoms with Gasteiger partial charge in [-0.3, -0.25) is 19.2 Å². The van der Waals surface area contributed by atoms with Crippen LogP contribution in [0, 0.1) is 5.82 Å². The second-order valence-corrected chi connectivity index (χ2v) is 9.52. The van der Waals surface area contributed by atoms with E-state index in [1.165, 1.54) is 19.2 Å². The first-order chi connectivity index (χ1) is 19.4. The average Bonchev–Trinajstić information content (AvgIpc) is 2.96. The van der Waals surface area contributed by atoms with Crippen LogP contribution in [0.2, 0.25) is 0 Å². The van der Waals surface area contributed by atoms with Crippen molar-refractivity contribution in [2.75, 3.05) is 52.2 Å². The quantitative estimate of drug-likeness (QED) is 0.366. The smallest absolute Gasteiger partial charge is 0.351 e. The van der Waals surface area contributed by atoms with Crippen molar-refractivity contribution < 1.29 is 37.1 Å². The highest BCUT2D eigenvalue weighted by Gasteiger charge is 2.41. The van der Waals surface area contributed by atoms with Gasteiger partial charge in [0.1, 0.15) is 11.9 Å². The highest BCUT2D eigenvalue weighted by Crippen LogP contribution is 2.28. The molecule has 0 bridgehead atoms. The third-order valence-corrected chi connectivity index (χ3v) is 6.52. The van der Waals surface area contributed by atoms with E-state index in [1.54, 1.807) is 11.8 Å². The number of methoxy groups -OCH3 is 1. The molecule has 4 amide bonds. The number of benzene rings is 1. The summed E-state index contributed by atoms with van der Waals surface area (Å²) in [4.78, 5) is 56.9. The maximum atomic E-state index is 14.8. The number of piperazine rings is 1. The molecule has 1 aliphatic heterocycles. The molecule has 3 rings (SSSR count). The topological polar surface area (TPSA) is 133 Å². The van der Waals surface area contributed by atoms with Crippen LogP contribution in [0.5, 0.6) is 5.88 Å². The van der Waals surface area contributed by atoms with Crippen molar-refractivity contribution >= 4 is 29.3 Å². The van der Waals surface area contributed by atoms with Crippen LogP contribution in [0.4, 0.5) is 18.9 Å². The molecular formula is C27H33F3N6O5. The molecule has 222 valence electrons. The van der Waals surface area contributed by atoms with E-state index in [2.05, 4.69) is 20.5 Å². The maximum Gasteiger partial charge on any atom is 0.351 e. The Morgan fingerprint density at radius 1 is 1.07 bits per heavy atom. The number of carbonyl (C=O) groups excluding carboxylic acids is 4. The molecule has 2 aromatic rings. The number of amides is 4. The summed E-state index contributed by atoms with van der Waals surface area (Å²) in [6.45, 7) is 3.22. The van der Waals surface area contributed by atoms with Crippen LogP contribution >= 0.6 is 0 Å². The summed E-state index contributed by atoms with van der Waals surface area (Å²) in [6, 6.07) is 5.08. The van der Waals surface area contributed by atoms with Gasteiger partial charge in [-0.25, -0.2) is 9.37 Å². The molecule has 0 saturated carbocycles. The Kier molecular flexibility index (Phi) is 10.6. The molecule has 0 unspecified atom stereocenters. The summed E-state index contributed by atoms with van der Waals surface area (Å²) in [5, 5.41) is 6.75. The summed E-state index contributed by atoms with van der Waals surface area (Å²) >= 11 is 0. The van der Waals surface area contributed by atoms with Crippen LogP contribution in [0.15, 0.2) is 36.5 Å². The highest BCUT2D eigenvalue weighted by molar-refractivity contribution is 5.96. The molecule has 1 aromatic carbocycles. The van der Waals surface area contributed by atoms with E-state index in [0.717, 1.165) is 24.4 Å². The molecule has 3 N–H and O–H groups in total. The van der Waals surface area contributed by atoms with Crippen molar-refractivity contribution in [3.05, 3.63) is 53.5 Å². The van der Waals surface area contributed by atoms with Gasteiger partial charge in [0.05, 0.1) is 19.3 Å². The molecule has 41 heavy (non-hydrogen) atoms. The highest BCUT2D eigenvalue weighted by atomic mass is 19.3. The summed E-state index contributed by atoms with van der Waals surface area (Å²) in [5.74, 6) is -8.00. The predicted octanol–water partition coefficient (Wildman–Crippen LogP) is 1.29. The molecular weight excluding hydrogens is 545 g/mol. The van der Waals surface area contributed by atoms with Crippen LogP contribution in [-0.2, 0) is 31.5 Å². The molecule has 1 aliphatic rings. The number of halogens is 3. The number of hydrogen-bond donors (Lipinski definition) is 3. The lowest BCUT2D eigenvalue weighted by atomic mass is 10.0. The van der Waals surface area contributed by atoms with Crippen molar-refractivity contribution in [1.29, 1.82) is 0 Å². The van der Waals surface area contributed by atoms with Crippen LogP contribution < -0.4 is 20.7 Å². The molecule has 1 atom stereocenters. The third kappa shape index (κ3) is 8.39. The van der Waals surface area contributed by atoms with E-state index >= 15 is 0 Å². The van der Waals surface area contributed by atoms with Gasteiger partial charge >= 0.3 is 5.92 Å². The molecule has 0 aliphatic carbocycles. The van der Waals surface area contributed by atoms with Gasteiger partial charge in [-0.05, 0) is 30.8 Å². The first-order valence-corrected chi connectivity index (χ1v) is 13.0. The van der Waals surface area contributed by atoms with E-state index in [1.807, 2.05) is 12.4 Å². The van der Waals surface area contributed by atoms with E-state index in [9.17, 15) is 32.3 Å². The lowest BCUT2D eigenvalue weighted by molar-refractivity contribution is -0.147. The van der Waals surface area contributed by atoms with E-state index in [4.69, 9.17) is 4.74 Å². The lowest BCUT2D eigenvalue weighted by Gasteiger charge is -2.34. The molecule has 0 radical (unpaired) electrons. The maximum absolute atomic E-state index is 14.8. The van der Waals surface area contributed by atoms with Gasteiger partial charge in [0.25, 0.3) is 5.91 Å². The number of nitrogens with one attached hydrogen (secondary N) is 3. The number of carbonyl (C=O) groups is 4. The number of anilines is 1. The Morgan fingerprint density at radius 3 is 2.37 bits per heavy atom. The minimum Gasteiger partial charge on any atom is -0.481 e. The fourth-order valence-electron chi connectivity index (χ4n) is 4.05. The normalized spacial score (nSPS) is 14.6. The molecule has 1 fully saturated rings. The summed E-state index contributed by atoms with van der Waals surface area (Å²) in [5.41, 5.74) is -0.554. The van der Waals surface area contributed by atoms with Crippen molar-refractivity contribution in [2.24, 2.45) is 0 Å². The molecule has 0 spiro atoms. The average molecular weight is 579 g/mol. The van der Waals surface area contributed by atoms with Gasteiger partial charge in [0, 0.05) is 56.8 Å². The van der Waals surface area contributed by atoms with Crippen molar-refractivity contribution in [1.82, 2.24) is 25.4 Å². The first kappa shape index (κ1) is 31.3. The SMILES string of the molecule is CCC(=O)N[C@H](Cc1ccc(NC(=O)CNC(=O)C(F)(F)c2ccc(OC)nc2)c(F)c1)C(=O)N1CCN(C)CC1. The Morgan fingerprint density at radius 2 is 1.78 bits per heavy atom. The summed E-state index contributed by atoms with van der Waals surface area (Å²) in [7, 11) is 3.26. The van der Waals surface area contributed by atoms with Gasteiger partial charge in [-0.2, -0.15) is 8.78 Å². The second kappa shape index (κ2) is 13.9. The van der Waals surface area contributed by atoms with E-state index < -0.39 is 41.7 Å². The van der Waals surface area contributed by atoms with Crippen molar-refractivity contribution in [2.45, 2.75) is 31.7 Å².